The highest BCUT2D eigenvalue weighted by Gasteiger charge is 2.16. The third-order valence-corrected chi connectivity index (χ3v) is 3.68. The molecule has 0 aliphatic rings. The van der Waals surface area contributed by atoms with E-state index in [1.54, 1.807) is 0 Å². The van der Waals surface area contributed by atoms with Crippen molar-refractivity contribution in [2.75, 3.05) is 11.9 Å². The number of rotatable bonds is 4. The monoisotopic (exact) mass is 283 g/mol. The quantitative estimate of drug-likeness (QED) is 0.889. The van der Waals surface area contributed by atoms with E-state index in [4.69, 9.17) is 9.97 Å². The molecule has 0 atom stereocenters. The Morgan fingerprint density at radius 1 is 1.10 bits per heavy atom. The molecular weight excluding hydrogens is 258 g/mol. The second-order valence-electron chi connectivity index (χ2n) is 5.90. The summed E-state index contributed by atoms with van der Waals surface area (Å²) in [5, 5.41) is 3.39. The van der Waals surface area contributed by atoms with Crippen LogP contribution >= 0.6 is 0 Å². The summed E-state index contributed by atoms with van der Waals surface area (Å²) in [7, 11) is 0. The molecular formula is C18H25N3. The smallest absolute Gasteiger partial charge is 0.162 e. The Bertz CT molecular complexity index is 645. The number of hydrogen-bond donors (Lipinski definition) is 1. The molecule has 112 valence electrons. The Morgan fingerprint density at radius 2 is 1.81 bits per heavy atom. The van der Waals surface area contributed by atoms with Crippen molar-refractivity contribution in [2.24, 2.45) is 0 Å². The summed E-state index contributed by atoms with van der Waals surface area (Å²) in [5.41, 5.74) is 5.86. The van der Waals surface area contributed by atoms with Crippen molar-refractivity contribution >= 4 is 5.82 Å². The molecule has 0 saturated carbocycles. The van der Waals surface area contributed by atoms with Gasteiger partial charge in [-0.25, -0.2) is 9.97 Å². The van der Waals surface area contributed by atoms with Crippen molar-refractivity contribution < 1.29 is 0 Å². The number of aryl methyl sites for hydroxylation is 3. The van der Waals surface area contributed by atoms with Crippen molar-refractivity contribution in [3.63, 3.8) is 0 Å². The molecule has 0 aliphatic carbocycles. The van der Waals surface area contributed by atoms with Gasteiger partial charge in [-0.3, -0.25) is 0 Å². The molecule has 0 unspecified atom stereocenters. The van der Waals surface area contributed by atoms with Crippen LogP contribution in [-0.4, -0.2) is 16.5 Å². The van der Waals surface area contributed by atoms with E-state index in [-0.39, 0.29) is 0 Å². The fourth-order valence-electron chi connectivity index (χ4n) is 2.76. The van der Waals surface area contributed by atoms with Crippen molar-refractivity contribution in [3.05, 3.63) is 40.6 Å². The van der Waals surface area contributed by atoms with Gasteiger partial charge in [0.1, 0.15) is 5.82 Å². The average molecular weight is 283 g/mol. The van der Waals surface area contributed by atoms with Crippen LogP contribution in [0.25, 0.3) is 11.4 Å². The predicted octanol–water partition coefficient (Wildman–Crippen LogP) is 4.62. The third-order valence-electron chi connectivity index (χ3n) is 3.68. The van der Waals surface area contributed by atoms with E-state index in [1.807, 2.05) is 0 Å². The van der Waals surface area contributed by atoms with Crippen LogP contribution in [-0.2, 0) is 0 Å². The van der Waals surface area contributed by atoms with Gasteiger partial charge in [0.15, 0.2) is 5.82 Å². The Hall–Kier alpha value is -1.90. The molecule has 1 N–H and O–H groups in total. The molecule has 0 aliphatic heterocycles. The standard InChI is InChI=1S/C18H25N3/c1-7-19-18-16(11(2)3)14(6)20-17(21-18)15-9-8-12(4)10-13(15)5/h8-11H,7H2,1-6H3,(H,19,20,21). The van der Waals surface area contributed by atoms with Gasteiger partial charge >= 0.3 is 0 Å². The van der Waals surface area contributed by atoms with Crippen LogP contribution < -0.4 is 5.32 Å². The van der Waals surface area contributed by atoms with Crippen LogP contribution in [0.3, 0.4) is 0 Å². The minimum absolute atomic E-state index is 0.409. The maximum absolute atomic E-state index is 4.78. The lowest BCUT2D eigenvalue weighted by atomic mass is 10.0. The van der Waals surface area contributed by atoms with Gasteiger partial charge in [0.25, 0.3) is 0 Å². The maximum atomic E-state index is 4.78. The zero-order chi connectivity index (χ0) is 15.6. The highest BCUT2D eigenvalue weighted by atomic mass is 15.0. The molecule has 0 amide bonds. The van der Waals surface area contributed by atoms with Crippen LogP contribution in [0.2, 0.25) is 0 Å². The van der Waals surface area contributed by atoms with Crippen molar-refractivity contribution in [1.29, 1.82) is 0 Å². The van der Waals surface area contributed by atoms with Gasteiger partial charge in [0.2, 0.25) is 0 Å². The van der Waals surface area contributed by atoms with Gasteiger partial charge in [0, 0.05) is 23.4 Å². The third kappa shape index (κ3) is 3.23. The van der Waals surface area contributed by atoms with Gasteiger partial charge < -0.3 is 5.32 Å². The molecule has 3 nitrogen and oxygen atoms in total. The fourth-order valence-corrected chi connectivity index (χ4v) is 2.76. The zero-order valence-corrected chi connectivity index (χ0v) is 13.9. The summed E-state index contributed by atoms with van der Waals surface area (Å²) >= 11 is 0. The molecule has 0 saturated heterocycles. The predicted molar refractivity (Wildman–Crippen MR) is 89.9 cm³/mol. The second kappa shape index (κ2) is 6.25. The lowest BCUT2D eigenvalue weighted by Crippen LogP contribution is -2.09. The number of nitrogens with zero attached hydrogens (tertiary/aromatic N) is 2. The van der Waals surface area contributed by atoms with Gasteiger partial charge in [-0.15, -0.1) is 0 Å². The van der Waals surface area contributed by atoms with Gasteiger partial charge in [-0.2, -0.15) is 0 Å². The molecule has 0 spiro atoms. The molecule has 1 aromatic heterocycles. The second-order valence-corrected chi connectivity index (χ2v) is 5.90. The first-order chi connectivity index (χ1) is 9.93. The summed E-state index contributed by atoms with van der Waals surface area (Å²) in [6.45, 7) is 13.6. The van der Waals surface area contributed by atoms with Gasteiger partial charge in [-0.1, -0.05) is 37.6 Å². The summed E-state index contributed by atoms with van der Waals surface area (Å²) in [4.78, 5) is 9.53. The normalized spacial score (nSPS) is 11.0. The maximum Gasteiger partial charge on any atom is 0.162 e. The van der Waals surface area contributed by atoms with Crippen molar-refractivity contribution in [1.82, 2.24) is 9.97 Å². The van der Waals surface area contributed by atoms with E-state index >= 15 is 0 Å². The summed E-state index contributed by atoms with van der Waals surface area (Å²) in [5.74, 6) is 2.19. The number of nitrogens with one attached hydrogen (secondary N) is 1. The number of anilines is 1. The van der Waals surface area contributed by atoms with Gasteiger partial charge in [-0.05, 0) is 39.2 Å². The van der Waals surface area contributed by atoms with Crippen molar-refractivity contribution in [2.45, 2.75) is 47.5 Å². The molecule has 21 heavy (non-hydrogen) atoms. The molecule has 1 aromatic carbocycles. The summed E-state index contributed by atoms with van der Waals surface area (Å²) < 4.78 is 0. The number of benzene rings is 1. The SMILES string of the molecule is CCNc1nc(-c2ccc(C)cc2C)nc(C)c1C(C)C. The van der Waals surface area contributed by atoms with E-state index in [2.05, 4.69) is 65.1 Å². The van der Waals surface area contributed by atoms with E-state index in [0.717, 1.165) is 29.4 Å². The van der Waals surface area contributed by atoms with Crippen molar-refractivity contribution in [3.8, 4) is 11.4 Å². The van der Waals surface area contributed by atoms with E-state index in [0.29, 0.717) is 5.92 Å². The Labute approximate surface area is 127 Å². The number of aromatic nitrogens is 2. The first-order valence-electron chi connectivity index (χ1n) is 7.64. The highest BCUT2D eigenvalue weighted by Crippen LogP contribution is 2.29. The summed E-state index contributed by atoms with van der Waals surface area (Å²) in [6.07, 6.45) is 0. The van der Waals surface area contributed by atoms with Crippen LogP contribution in [0.15, 0.2) is 18.2 Å². The highest BCUT2D eigenvalue weighted by molar-refractivity contribution is 5.64. The lowest BCUT2D eigenvalue weighted by molar-refractivity contribution is 0.831. The van der Waals surface area contributed by atoms with Crippen LogP contribution in [0, 0.1) is 20.8 Å². The lowest BCUT2D eigenvalue weighted by Gasteiger charge is -2.17. The van der Waals surface area contributed by atoms with E-state index in [9.17, 15) is 0 Å². The molecule has 0 radical (unpaired) electrons. The molecule has 0 bridgehead atoms. The van der Waals surface area contributed by atoms with Crippen LogP contribution in [0.1, 0.15) is 49.1 Å². The van der Waals surface area contributed by atoms with E-state index in [1.165, 1.54) is 16.7 Å². The first-order valence-corrected chi connectivity index (χ1v) is 7.64. The van der Waals surface area contributed by atoms with Gasteiger partial charge in [0.05, 0.1) is 0 Å². The Morgan fingerprint density at radius 3 is 2.38 bits per heavy atom. The minimum atomic E-state index is 0.409. The Kier molecular flexibility index (Phi) is 4.61. The molecule has 3 heteroatoms. The van der Waals surface area contributed by atoms with Crippen LogP contribution in [0.4, 0.5) is 5.82 Å². The Balaban J connectivity index is 2.60. The molecule has 1 heterocycles. The first kappa shape index (κ1) is 15.5. The topological polar surface area (TPSA) is 37.8 Å². The largest absolute Gasteiger partial charge is 0.370 e. The minimum Gasteiger partial charge on any atom is -0.370 e. The average Bonchev–Trinajstić information content (AvgIpc) is 2.37. The molecule has 2 rings (SSSR count). The molecule has 0 fully saturated rings. The van der Waals surface area contributed by atoms with Crippen LogP contribution in [0.5, 0.6) is 0 Å². The van der Waals surface area contributed by atoms with E-state index < -0.39 is 0 Å². The molecule has 2 aromatic rings. The summed E-state index contributed by atoms with van der Waals surface area (Å²) in [6, 6.07) is 6.41. The zero-order valence-electron chi connectivity index (χ0n) is 13.9. The number of hydrogen-bond acceptors (Lipinski definition) is 3. The fraction of sp³-hybridized carbons (Fsp3) is 0.444.